The standard InChI is InChI=1S/C21H23NO2/c23-21(22-19-13-16-10-11-17(19)12-16)18-8-4-5-9-20(18)24-14-15-6-2-1-3-7-15/h1-9,16-17,19H,10-14H2,(H,22,23). The maximum absolute atomic E-state index is 12.7. The Balaban J connectivity index is 1.44. The van der Waals surface area contributed by atoms with Crippen LogP contribution in [0.1, 0.15) is 41.6 Å². The summed E-state index contributed by atoms with van der Waals surface area (Å²) in [5.74, 6) is 2.15. The number of benzene rings is 2. The van der Waals surface area contributed by atoms with Gasteiger partial charge >= 0.3 is 0 Å². The van der Waals surface area contributed by atoms with E-state index in [1.807, 2.05) is 54.6 Å². The highest BCUT2D eigenvalue weighted by molar-refractivity contribution is 5.97. The molecule has 2 aliphatic rings. The molecule has 3 nitrogen and oxygen atoms in total. The first-order valence-corrected chi connectivity index (χ1v) is 8.86. The average Bonchev–Trinajstić information content (AvgIpc) is 3.24. The topological polar surface area (TPSA) is 38.3 Å². The van der Waals surface area contributed by atoms with Crippen LogP contribution in [0.2, 0.25) is 0 Å². The first-order valence-electron chi connectivity index (χ1n) is 8.86. The first kappa shape index (κ1) is 15.3. The Morgan fingerprint density at radius 1 is 1.00 bits per heavy atom. The number of nitrogens with one attached hydrogen (secondary N) is 1. The summed E-state index contributed by atoms with van der Waals surface area (Å²) in [5, 5.41) is 3.25. The summed E-state index contributed by atoms with van der Waals surface area (Å²) in [6, 6.07) is 17.9. The summed E-state index contributed by atoms with van der Waals surface area (Å²) < 4.78 is 5.91. The molecule has 0 saturated heterocycles. The predicted octanol–water partition coefficient (Wildman–Crippen LogP) is 4.18. The quantitative estimate of drug-likeness (QED) is 0.897. The molecule has 3 unspecified atom stereocenters. The van der Waals surface area contributed by atoms with Crippen molar-refractivity contribution in [2.24, 2.45) is 11.8 Å². The molecule has 0 aromatic heterocycles. The molecule has 2 aromatic carbocycles. The van der Waals surface area contributed by atoms with Crippen LogP contribution in [0.25, 0.3) is 0 Å². The second-order valence-electron chi connectivity index (χ2n) is 7.03. The van der Waals surface area contributed by atoms with Gasteiger partial charge in [-0.05, 0) is 48.8 Å². The van der Waals surface area contributed by atoms with E-state index < -0.39 is 0 Å². The van der Waals surface area contributed by atoms with Gasteiger partial charge in [-0.3, -0.25) is 4.79 Å². The van der Waals surface area contributed by atoms with E-state index in [-0.39, 0.29) is 5.91 Å². The lowest BCUT2D eigenvalue weighted by atomic mass is 9.95. The second kappa shape index (κ2) is 6.68. The number of carbonyl (C=O) groups is 1. The normalized spacial score (nSPS) is 24.8. The maximum atomic E-state index is 12.7. The molecule has 2 aliphatic carbocycles. The van der Waals surface area contributed by atoms with Crippen LogP contribution >= 0.6 is 0 Å². The Labute approximate surface area is 143 Å². The highest BCUT2D eigenvalue weighted by Crippen LogP contribution is 2.44. The third kappa shape index (κ3) is 3.16. The lowest BCUT2D eigenvalue weighted by Crippen LogP contribution is -2.38. The smallest absolute Gasteiger partial charge is 0.255 e. The average molecular weight is 321 g/mol. The minimum atomic E-state index is -0.00351. The first-order chi connectivity index (χ1) is 11.8. The van der Waals surface area contributed by atoms with Crippen LogP contribution < -0.4 is 10.1 Å². The fourth-order valence-electron chi connectivity index (χ4n) is 4.18. The van der Waals surface area contributed by atoms with Crippen molar-refractivity contribution < 1.29 is 9.53 Å². The number of ether oxygens (including phenoxy) is 1. The summed E-state index contributed by atoms with van der Waals surface area (Å²) >= 11 is 0. The predicted molar refractivity (Wildman–Crippen MR) is 93.9 cm³/mol. The summed E-state index contributed by atoms with van der Waals surface area (Å²) in [4.78, 5) is 12.7. The molecule has 2 bridgehead atoms. The molecule has 0 radical (unpaired) electrons. The fraction of sp³-hybridized carbons (Fsp3) is 0.381. The number of rotatable bonds is 5. The van der Waals surface area contributed by atoms with Crippen molar-refractivity contribution in [2.75, 3.05) is 0 Å². The number of amides is 1. The van der Waals surface area contributed by atoms with Gasteiger partial charge < -0.3 is 10.1 Å². The summed E-state index contributed by atoms with van der Waals surface area (Å²) in [6.45, 7) is 0.471. The van der Waals surface area contributed by atoms with Crippen LogP contribution in [0.15, 0.2) is 54.6 Å². The Kier molecular flexibility index (Phi) is 4.24. The van der Waals surface area contributed by atoms with E-state index >= 15 is 0 Å². The molecule has 124 valence electrons. The number of fused-ring (bicyclic) bond motifs is 2. The second-order valence-corrected chi connectivity index (χ2v) is 7.03. The zero-order chi connectivity index (χ0) is 16.4. The molecule has 4 rings (SSSR count). The van der Waals surface area contributed by atoms with Crippen LogP contribution in [0.5, 0.6) is 5.75 Å². The number of para-hydroxylation sites is 1. The molecular formula is C21H23NO2. The third-order valence-electron chi connectivity index (χ3n) is 5.42. The molecule has 1 N–H and O–H groups in total. The van der Waals surface area contributed by atoms with E-state index in [0.29, 0.717) is 29.9 Å². The van der Waals surface area contributed by atoms with Gasteiger partial charge in [0.05, 0.1) is 5.56 Å². The zero-order valence-corrected chi connectivity index (χ0v) is 13.8. The zero-order valence-electron chi connectivity index (χ0n) is 13.8. The Bertz CT molecular complexity index is 713. The minimum Gasteiger partial charge on any atom is -0.488 e. The summed E-state index contributed by atoms with van der Waals surface area (Å²) in [5.41, 5.74) is 1.73. The molecule has 0 aliphatic heterocycles. The van der Waals surface area contributed by atoms with E-state index in [1.54, 1.807) is 0 Å². The SMILES string of the molecule is O=C(NC1CC2CCC1C2)c1ccccc1OCc1ccccc1. The molecule has 1 amide bonds. The Morgan fingerprint density at radius 3 is 2.54 bits per heavy atom. The molecule has 0 spiro atoms. The molecular weight excluding hydrogens is 298 g/mol. The fourth-order valence-corrected chi connectivity index (χ4v) is 4.18. The van der Waals surface area contributed by atoms with Crippen LogP contribution in [-0.2, 0) is 6.61 Å². The van der Waals surface area contributed by atoms with Gasteiger partial charge in [-0.2, -0.15) is 0 Å². The van der Waals surface area contributed by atoms with Crippen molar-refractivity contribution in [1.29, 1.82) is 0 Å². The van der Waals surface area contributed by atoms with Gasteiger partial charge in [0.15, 0.2) is 0 Å². The van der Waals surface area contributed by atoms with E-state index in [1.165, 1.54) is 19.3 Å². The highest BCUT2D eigenvalue weighted by Gasteiger charge is 2.40. The summed E-state index contributed by atoms with van der Waals surface area (Å²) in [6.07, 6.45) is 5.04. The Hall–Kier alpha value is -2.29. The highest BCUT2D eigenvalue weighted by atomic mass is 16.5. The number of hydrogen-bond acceptors (Lipinski definition) is 2. The van der Waals surface area contributed by atoms with Gasteiger partial charge in [0.25, 0.3) is 5.91 Å². The van der Waals surface area contributed by atoms with Crippen LogP contribution in [-0.4, -0.2) is 11.9 Å². The van der Waals surface area contributed by atoms with Gasteiger partial charge in [-0.15, -0.1) is 0 Å². The van der Waals surface area contributed by atoms with Crippen molar-refractivity contribution in [2.45, 2.75) is 38.3 Å². The van der Waals surface area contributed by atoms with Crippen molar-refractivity contribution in [3.8, 4) is 5.75 Å². The molecule has 0 heterocycles. The van der Waals surface area contributed by atoms with E-state index in [9.17, 15) is 4.79 Å². The molecule has 3 heteroatoms. The molecule has 24 heavy (non-hydrogen) atoms. The lowest BCUT2D eigenvalue weighted by molar-refractivity contribution is 0.0918. The molecule has 2 saturated carbocycles. The van der Waals surface area contributed by atoms with Crippen molar-refractivity contribution in [3.63, 3.8) is 0 Å². The lowest BCUT2D eigenvalue weighted by Gasteiger charge is -2.23. The van der Waals surface area contributed by atoms with Crippen LogP contribution in [0.4, 0.5) is 0 Å². The molecule has 2 aromatic rings. The van der Waals surface area contributed by atoms with Crippen molar-refractivity contribution >= 4 is 5.91 Å². The van der Waals surface area contributed by atoms with Gasteiger partial charge in [-0.1, -0.05) is 48.9 Å². The number of hydrogen-bond donors (Lipinski definition) is 1. The largest absolute Gasteiger partial charge is 0.488 e. The monoisotopic (exact) mass is 321 g/mol. The maximum Gasteiger partial charge on any atom is 0.255 e. The van der Waals surface area contributed by atoms with Gasteiger partial charge in [-0.25, -0.2) is 0 Å². The van der Waals surface area contributed by atoms with Crippen LogP contribution in [0, 0.1) is 11.8 Å². The third-order valence-corrected chi connectivity index (χ3v) is 5.42. The van der Waals surface area contributed by atoms with Gasteiger partial charge in [0.2, 0.25) is 0 Å². The van der Waals surface area contributed by atoms with Crippen LogP contribution in [0.3, 0.4) is 0 Å². The van der Waals surface area contributed by atoms with Gasteiger partial charge in [0.1, 0.15) is 12.4 Å². The Morgan fingerprint density at radius 2 is 1.79 bits per heavy atom. The van der Waals surface area contributed by atoms with Gasteiger partial charge in [0, 0.05) is 6.04 Å². The van der Waals surface area contributed by atoms with Crippen molar-refractivity contribution in [1.82, 2.24) is 5.32 Å². The molecule has 3 atom stereocenters. The van der Waals surface area contributed by atoms with Crippen molar-refractivity contribution in [3.05, 3.63) is 65.7 Å². The number of carbonyl (C=O) groups excluding carboxylic acids is 1. The van der Waals surface area contributed by atoms with E-state index in [0.717, 1.165) is 17.9 Å². The van der Waals surface area contributed by atoms with E-state index in [2.05, 4.69) is 5.32 Å². The molecule has 2 fully saturated rings. The van der Waals surface area contributed by atoms with E-state index in [4.69, 9.17) is 4.74 Å². The summed E-state index contributed by atoms with van der Waals surface area (Å²) in [7, 11) is 0. The minimum absolute atomic E-state index is 0.00351.